The number of alkyl halides is 3. The van der Waals surface area contributed by atoms with E-state index in [2.05, 4.69) is 9.88 Å². The van der Waals surface area contributed by atoms with Crippen LogP contribution in [0.15, 0.2) is 42.6 Å². The summed E-state index contributed by atoms with van der Waals surface area (Å²) in [6.07, 6.45) is -2.75. The lowest BCUT2D eigenvalue weighted by atomic mass is 10.1. The molecule has 0 atom stereocenters. The van der Waals surface area contributed by atoms with E-state index in [1.807, 2.05) is 4.90 Å². The van der Waals surface area contributed by atoms with E-state index >= 15 is 0 Å². The Morgan fingerprint density at radius 1 is 1.07 bits per heavy atom. The molecule has 0 unspecified atom stereocenters. The van der Waals surface area contributed by atoms with Crippen LogP contribution >= 0.6 is 0 Å². The largest absolute Gasteiger partial charge is 0.417 e. The van der Waals surface area contributed by atoms with Gasteiger partial charge in [-0.3, -0.25) is 15.0 Å². The van der Waals surface area contributed by atoms with Crippen molar-refractivity contribution in [2.45, 2.75) is 19.1 Å². The average Bonchev–Trinajstić information content (AvgIpc) is 2.87. The van der Waals surface area contributed by atoms with Gasteiger partial charge in [-0.05, 0) is 18.6 Å². The summed E-state index contributed by atoms with van der Waals surface area (Å²) in [7, 11) is 0. The first-order valence-electron chi connectivity index (χ1n) is 8.57. The maximum atomic E-state index is 12.7. The van der Waals surface area contributed by atoms with Gasteiger partial charge in [-0.1, -0.05) is 18.2 Å². The van der Waals surface area contributed by atoms with Gasteiger partial charge in [0.1, 0.15) is 5.82 Å². The Morgan fingerprint density at radius 3 is 2.52 bits per heavy atom. The summed E-state index contributed by atoms with van der Waals surface area (Å²) in [5.41, 5.74) is -0.00861. The number of nitro groups is 1. The zero-order valence-corrected chi connectivity index (χ0v) is 14.5. The molecule has 1 aromatic heterocycles. The van der Waals surface area contributed by atoms with Gasteiger partial charge in [0, 0.05) is 50.6 Å². The molecule has 144 valence electrons. The molecule has 6 nitrogen and oxygen atoms in total. The number of anilines is 1. The normalized spacial score (nSPS) is 16.2. The van der Waals surface area contributed by atoms with Gasteiger partial charge in [-0.15, -0.1) is 0 Å². The predicted molar refractivity (Wildman–Crippen MR) is 94.4 cm³/mol. The maximum Gasteiger partial charge on any atom is 0.417 e. The highest BCUT2D eigenvalue weighted by Gasteiger charge is 2.31. The summed E-state index contributed by atoms with van der Waals surface area (Å²) in [4.78, 5) is 18.8. The Bertz CT molecular complexity index is 796. The number of hydrogen-bond donors (Lipinski definition) is 0. The van der Waals surface area contributed by atoms with Crippen LogP contribution in [0.1, 0.15) is 17.5 Å². The topological polar surface area (TPSA) is 62.5 Å². The molecule has 0 spiro atoms. The van der Waals surface area contributed by atoms with Crippen LogP contribution in [0.4, 0.5) is 24.7 Å². The van der Waals surface area contributed by atoms with Gasteiger partial charge in [0.05, 0.1) is 10.5 Å². The smallest absolute Gasteiger partial charge is 0.355 e. The highest BCUT2D eigenvalue weighted by atomic mass is 19.4. The Morgan fingerprint density at radius 2 is 1.85 bits per heavy atom. The standard InChI is InChI=1S/C18H19F3N4O2/c19-18(20,21)15-6-7-17(22-12-15)24-9-3-8-23(10-11-24)13-14-4-1-2-5-16(14)25(26)27/h1-2,4-7,12H,3,8-11,13H2. The van der Waals surface area contributed by atoms with E-state index in [4.69, 9.17) is 0 Å². The molecule has 1 fully saturated rings. The van der Waals surface area contributed by atoms with Gasteiger partial charge in [0.2, 0.25) is 0 Å². The predicted octanol–water partition coefficient (Wildman–Crippen LogP) is 3.72. The van der Waals surface area contributed by atoms with Crippen molar-refractivity contribution in [3.8, 4) is 0 Å². The molecule has 1 saturated heterocycles. The first-order chi connectivity index (χ1) is 12.8. The van der Waals surface area contributed by atoms with Gasteiger partial charge in [-0.25, -0.2) is 4.98 Å². The van der Waals surface area contributed by atoms with Crippen molar-refractivity contribution in [1.82, 2.24) is 9.88 Å². The first-order valence-corrected chi connectivity index (χ1v) is 8.57. The van der Waals surface area contributed by atoms with E-state index in [1.54, 1.807) is 18.2 Å². The third kappa shape index (κ3) is 4.73. The lowest BCUT2D eigenvalue weighted by Crippen LogP contribution is -2.31. The zero-order chi connectivity index (χ0) is 19.4. The summed E-state index contributed by atoms with van der Waals surface area (Å²) < 4.78 is 38.0. The highest BCUT2D eigenvalue weighted by Crippen LogP contribution is 2.29. The molecule has 0 aliphatic carbocycles. The van der Waals surface area contributed by atoms with E-state index < -0.39 is 11.7 Å². The lowest BCUT2D eigenvalue weighted by molar-refractivity contribution is -0.385. The molecule has 1 aliphatic rings. The van der Waals surface area contributed by atoms with Gasteiger partial charge in [-0.2, -0.15) is 13.2 Å². The van der Waals surface area contributed by atoms with Crippen molar-refractivity contribution in [1.29, 1.82) is 0 Å². The Kier molecular flexibility index (Phi) is 5.59. The number of aromatic nitrogens is 1. The van der Waals surface area contributed by atoms with Crippen LogP contribution in [-0.4, -0.2) is 41.0 Å². The van der Waals surface area contributed by atoms with Crippen molar-refractivity contribution < 1.29 is 18.1 Å². The minimum absolute atomic E-state index is 0.100. The van der Waals surface area contributed by atoms with Crippen molar-refractivity contribution in [2.75, 3.05) is 31.1 Å². The first kappa shape index (κ1) is 19.1. The van der Waals surface area contributed by atoms with Crippen LogP contribution < -0.4 is 4.90 Å². The fraction of sp³-hybridized carbons (Fsp3) is 0.389. The number of para-hydroxylation sites is 1. The molecule has 9 heteroatoms. The minimum Gasteiger partial charge on any atom is -0.355 e. The van der Waals surface area contributed by atoms with E-state index in [1.165, 1.54) is 12.1 Å². The van der Waals surface area contributed by atoms with Crippen molar-refractivity contribution in [2.24, 2.45) is 0 Å². The lowest BCUT2D eigenvalue weighted by Gasteiger charge is -2.23. The third-order valence-electron chi connectivity index (χ3n) is 4.57. The molecule has 1 aliphatic heterocycles. The average molecular weight is 380 g/mol. The molecule has 27 heavy (non-hydrogen) atoms. The molecule has 0 N–H and O–H groups in total. The fourth-order valence-electron chi connectivity index (χ4n) is 3.16. The van der Waals surface area contributed by atoms with Crippen LogP contribution in [0.25, 0.3) is 0 Å². The van der Waals surface area contributed by atoms with E-state index in [0.717, 1.165) is 25.2 Å². The molecule has 2 heterocycles. The third-order valence-corrected chi connectivity index (χ3v) is 4.57. The molecule has 3 rings (SSSR count). The van der Waals surface area contributed by atoms with Gasteiger partial charge in [0.15, 0.2) is 0 Å². The summed E-state index contributed by atoms with van der Waals surface area (Å²) in [5.74, 6) is 0.510. The van der Waals surface area contributed by atoms with Crippen LogP contribution in [0.3, 0.4) is 0 Å². The number of rotatable bonds is 4. The molecule has 0 saturated carbocycles. The van der Waals surface area contributed by atoms with Crippen molar-refractivity contribution in [3.05, 3.63) is 63.8 Å². The van der Waals surface area contributed by atoms with Gasteiger partial charge >= 0.3 is 6.18 Å². The van der Waals surface area contributed by atoms with E-state index in [0.29, 0.717) is 37.6 Å². The Balaban J connectivity index is 1.65. The monoisotopic (exact) mass is 380 g/mol. The van der Waals surface area contributed by atoms with Gasteiger partial charge < -0.3 is 4.90 Å². The molecule has 0 bridgehead atoms. The second-order valence-electron chi connectivity index (χ2n) is 6.41. The molecular weight excluding hydrogens is 361 g/mol. The van der Waals surface area contributed by atoms with E-state index in [-0.39, 0.29) is 10.6 Å². The number of pyridine rings is 1. The molecule has 0 amide bonds. The second kappa shape index (κ2) is 7.91. The van der Waals surface area contributed by atoms with Crippen LogP contribution in [0.2, 0.25) is 0 Å². The molecule has 1 aromatic carbocycles. The number of nitrogens with zero attached hydrogens (tertiary/aromatic N) is 4. The summed E-state index contributed by atoms with van der Waals surface area (Å²) in [5, 5.41) is 11.2. The van der Waals surface area contributed by atoms with Crippen molar-refractivity contribution in [3.63, 3.8) is 0 Å². The SMILES string of the molecule is O=[N+]([O-])c1ccccc1CN1CCCN(c2ccc(C(F)(F)F)cn2)CC1. The zero-order valence-electron chi connectivity index (χ0n) is 14.5. The van der Waals surface area contributed by atoms with Gasteiger partial charge in [0.25, 0.3) is 5.69 Å². The minimum atomic E-state index is -4.40. The number of nitro benzene ring substituents is 1. The fourth-order valence-corrected chi connectivity index (χ4v) is 3.16. The van der Waals surface area contributed by atoms with Crippen LogP contribution in [-0.2, 0) is 12.7 Å². The summed E-state index contributed by atoms with van der Waals surface area (Å²) in [6, 6.07) is 9.09. The Hall–Kier alpha value is -2.68. The van der Waals surface area contributed by atoms with E-state index in [9.17, 15) is 23.3 Å². The molecular formula is C18H19F3N4O2. The van der Waals surface area contributed by atoms with Crippen molar-refractivity contribution >= 4 is 11.5 Å². The number of hydrogen-bond acceptors (Lipinski definition) is 5. The summed E-state index contributed by atoms with van der Waals surface area (Å²) >= 11 is 0. The summed E-state index contributed by atoms with van der Waals surface area (Å²) in [6.45, 7) is 3.13. The number of benzene rings is 1. The Labute approximate surface area is 154 Å². The maximum absolute atomic E-state index is 12.7. The van der Waals surface area contributed by atoms with Crippen LogP contribution in [0.5, 0.6) is 0 Å². The highest BCUT2D eigenvalue weighted by molar-refractivity contribution is 5.41. The van der Waals surface area contributed by atoms with Crippen LogP contribution in [0, 0.1) is 10.1 Å². The second-order valence-corrected chi connectivity index (χ2v) is 6.41. The molecule has 0 radical (unpaired) electrons. The molecule has 2 aromatic rings. The number of halogens is 3. The quantitative estimate of drug-likeness (QED) is 0.598.